The zero-order chi connectivity index (χ0) is 22.0. The van der Waals surface area contributed by atoms with Crippen molar-refractivity contribution in [3.05, 3.63) is 65.0 Å². The first-order valence-corrected chi connectivity index (χ1v) is 9.44. The highest BCUT2D eigenvalue weighted by Crippen LogP contribution is 2.32. The molecule has 4 rings (SSSR count). The number of rotatable bonds is 5. The van der Waals surface area contributed by atoms with Gasteiger partial charge in [0.25, 0.3) is 11.8 Å². The molecule has 2 heterocycles. The number of imide groups is 1. The number of nitrogens with one attached hydrogen (secondary N) is 2. The van der Waals surface area contributed by atoms with Crippen molar-refractivity contribution in [2.45, 2.75) is 12.1 Å². The van der Waals surface area contributed by atoms with Gasteiger partial charge < -0.3 is 20.1 Å². The largest absolute Gasteiger partial charge is 0.481 e. The second-order valence-corrected chi connectivity index (χ2v) is 7.10. The first-order valence-electron chi connectivity index (χ1n) is 9.44. The number of urea groups is 1. The zero-order valence-electron chi connectivity index (χ0n) is 16.3. The molecule has 0 spiro atoms. The molecule has 1 saturated heterocycles. The van der Waals surface area contributed by atoms with Gasteiger partial charge in [-0.05, 0) is 41.5 Å². The summed E-state index contributed by atoms with van der Waals surface area (Å²) in [6.45, 7) is -0.0739. The molecule has 31 heavy (non-hydrogen) atoms. The summed E-state index contributed by atoms with van der Waals surface area (Å²) in [5.74, 6) is 4.25. The normalized spacial score (nSPS) is 19.4. The lowest BCUT2D eigenvalue weighted by Crippen LogP contribution is -2.52. The van der Waals surface area contributed by atoms with Gasteiger partial charge in [0.2, 0.25) is 0 Å². The maximum absolute atomic E-state index is 13.4. The molecule has 0 saturated carbocycles. The monoisotopic (exact) mass is 423 g/mol. The topological polar surface area (TPSA) is 108 Å². The van der Waals surface area contributed by atoms with Crippen LogP contribution in [-0.2, 0) is 16.9 Å². The van der Waals surface area contributed by atoms with Crippen molar-refractivity contribution < 1.29 is 28.6 Å². The molecule has 1 fully saturated rings. The Hall–Kier alpha value is -3.90. The maximum atomic E-state index is 13.4. The van der Waals surface area contributed by atoms with Crippen LogP contribution in [0.1, 0.15) is 21.5 Å². The Kier molecular flexibility index (Phi) is 5.31. The Balaban J connectivity index is 1.58. The number of aliphatic hydroxyl groups excluding tert-OH is 1. The molecule has 2 aliphatic rings. The van der Waals surface area contributed by atoms with Crippen molar-refractivity contribution in [2.24, 2.45) is 0 Å². The first kappa shape index (κ1) is 20.4. The van der Waals surface area contributed by atoms with E-state index >= 15 is 0 Å². The van der Waals surface area contributed by atoms with Crippen molar-refractivity contribution in [3.63, 3.8) is 0 Å². The molecular weight excluding hydrogens is 405 g/mol. The summed E-state index contributed by atoms with van der Waals surface area (Å²) in [5.41, 5.74) is 0.0127. The third kappa shape index (κ3) is 3.81. The van der Waals surface area contributed by atoms with Crippen LogP contribution in [0, 0.1) is 17.7 Å². The Bertz CT molecular complexity index is 1120. The van der Waals surface area contributed by atoms with Gasteiger partial charge in [0.05, 0.1) is 6.54 Å². The van der Waals surface area contributed by atoms with Crippen molar-refractivity contribution >= 4 is 17.8 Å². The number of carbonyl (C=O) groups excluding carboxylic acids is 3. The van der Waals surface area contributed by atoms with E-state index in [-0.39, 0.29) is 32.2 Å². The summed E-state index contributed by atoms with van der Waals surface area (Å²) in [7, 11) is 0. The van der Waals surface area contributed by atoms with E-state index in [4.69, 9.17) is 9.84 Å². The number of ether oxygens (including phenoxy) is 1. The van der Waals surface area contributed by atoms with Crippen LogP contribution in [0.25, 0.3) is 0 Å². The van der Waals surface area contributed by atoms with E-state index < -0.39 is 23.3 Å². The summed E-state index contributed by atoms with van der Waals surface area (Å²) in [6, 6.07) is 9.51. The highest BCUT2D eigenvalue weighted by Gasteiger charge is 2.50. The minimum Gasteiger partial charge on any atom is -0.481 e. The van der Waals surface area contributed by atoms with E-state index in [1.165, 1.54) is 29.2 Å². The quantitative estimate of drug-likeness (QED) is 0.489. The number of amides is 4. The number of fused-ring (bicyclic) bond motifs is 1. The summed E-state index contributed by atoms with van der Waals surface area (Å²) in [5, 5.41) is 13.5. The second kappa shape index (κ2) is 8.08. The van der Waals surface area contributed by atoms with Crippen molar-refractivity contribution in [1.29, 1.82) is 0 Å². The van der Waals surface area contributed by atoms with Gasteiger partial charge in [-0.15, -0.1) is 0 Å². The maximum Gasteiger partial charge on any atom is 0.322 e. The minimum absolute atomic E-state index is 0.0941. The summed E-state index contributed by atoms with van der Waals surface area (Å²) in [6.07, 6.45) is 0. The second-order valence-electron chi connectivity index (χ2n) is 7.10. The lowest BCUT2D eigenvalue weighted by molar-refractivity contribution is -0.124. The van der Waals surface area contributed by atoms with Crippen LogP contribution in [0.4, 0.5) is 9.18 Å². The number of aliphatic hydroxyl groups is 1. The molecule has 0 aliphatic carbocycles. The molecule has 158 valence electrons. The fourth-order valence-corrected chi connectivity index (χ4v) is 3.72. The Morgan fingerprint density at radius 2 is 1.90 bits per heavy atom. The molecule has 3 N–H and O–H groups in total. The predicted molar refractivity (Wildman–Crippen MR) is 106 cm³/mol. The van der Waals surface area contributed by atoms with Crippen LogP contribution in [0.3, 0.4) is 0 Å². The van der Waals surface area contributed by atoms with Gasteiger partial charge in [0, 0.05) is 12.1 Å². The van der Waals surface area contributed by atoms with Crippen LogP contribution in [0.5, 0.6) is 5.75 Å². The Morgan fingerprint density at radius 1 is 1.13 bits per heavy atom. The van der Waals surface area contributed by atoms with E-state index in [1.54, 1.807) is 18.2 Å². The summed E-state index contributed by atoms with van der Waals surface area (Å²) in [4.78, 5) is 39.0. The highest BCUT2D eigenvalue weighted by atomic mass is 19.1. The van der Waals surface area contributed by atoms with Gasteiger partial charge in [-0.1, -0.05) is 24.0 Å². The van der Waals surface area contributed by atoms with Gasteiger partial charge in [-0.25, -0.2) is 9.18 Å². The van der Waals surface area contributed by atoms with Crippen LogP contribution in [-0.4, -0.2) is 47.6 Å². The van der Waals surface area contributed by atoms with Gasteiger partial charge in [0.15, 0.2) is 5.54 Å². The van der Waals surface area contributed by atoms with Crippen molar-refractivity contribution in [2.75, 3.05) is 19.8 Å². The Labute approximate surface area is 177 Å². The molecule has 2 aromatic rings. The van der Waals surface area contributed by atoms with Crippen molar-refractivity contribution in [3.8, 4) is 17.6 Å². The molecular formula is C22H18FN3O5. The SMILES string of the molecule is O=C1NC(=O)[C@](CN2Cc3cc(OCC#CCO)ccc3C2=O)(c2ccc(F)cc2)N1. The number of nitrogens with zero attached hydrogens (tertiary/aromatic N) is 1. The van der Waals surface area contributed by atoms with Gasteiger partial charge >= 0.3 is 6.03 Å². The minimum atomic E-state index is -1.53. The zero-order valence-corrected chi connectivity index (χ0v) is 16.3. The first-order chi connectivity index (χ1) is 14.9. The summed E-state index contributed by atoms with van der Waals surface area (Å²) >= 11 is 0. The molecule has 2 aromatic carbocycles. The van der Waals surface area contributed by atoms with Gasteiger partial charge in [0.1, 0.15) is 24.8 Å². The smallest absolute Gasteiger partial charge is 0.322 e. The average molecular weight is 423 g/mol. The van der Waals surface area contributed by atoms with Crippen LogP contribution in [0.15, 0.2) is 42.5 Å². The molecule has 9 heteroatoms. The Morgan fingerprint density at radius 3 is 2.58 bits per heavy atom. The molecule has 0 unspecified atom stereocenters. The number of hydrogen-bond acceptors (Lipinski definition) is 5. The van der Waals surface area contributed by atoms with E-state index in [0.29, 0.717) is 22.4 Å². The highest BCUT2D eigenvalue weighted by molar-refractivity contribution is 6.08. The van der Waals surface area contributed by atoms with Gasteiger partial charge in [-0.3, -0.25) is 14.9 Å². The summed E-state index contributed by atoms with van der Waals surface area (Å²) < 4.78 is 18.9. The van der Waals surface area contributed by atoms with E-state index in [1.807, 2.05) is 0 Å². The van der Waals surface area contributed by atoms with Crippen LogP contribution >= 0.6 is 0 Å². The number of carbonyl (C=O) groups is 3. The fourth-order valence-electron chi connectivity index (χ4n) is 3.72. The van der Waals surface area contributed by atoms with E-state index in [2.05, 4.69) is 22.5 Å². The number of hydrogen-bond donors (Lipinski definition) is 3. The molecule has 1 atom stereocenters. The number of benzene rings is 2. The molecule has 0 bridgehead atoms. The third-order valence-corrected chi connectivity index (χ3v) is 5.18. The standard InChI is InChI=1S/C22H18FN3O5/c23-16-5-3-15(4-6-16)22(20(29)24-21(30)25-22)13-26-12-14-11-17(31-10-2-1-9-27)7-8-18(14)19(26)28/h3-8,11,27H,9-10,12-13H2,(H2,24,25,29,30)/t22-/m0/s1. The average Bonchev–Trinajstić information content (AvgIpc) is 3.21. The number of halogens is 1. The fraction of sp³-hybridized carbons (Fsp3) is 0.227. The van der Waals surface area contributed by atoms with E-state index in [0.717, 1.165) is 0 Å². The predicted octanol–water partition coefficient (Wildman–Crippen LogP) is 0.891. The van der Waals surface area contributed by atoms with Crippen LogP contribution < -0.4 is 15.4 Å². The molecule has 0 radical (unpaired) electrons. The third-order valence-electron chi connectivity index (χ3n) is 5.18. The lowest BCUT2D eigenvalue weighted by Gasteiger charge is -2.31. The molecule has 8 nitrogen and oxygen atoms in total. The van der Waals surface area contributed by atoms with Gasteiger partial charge in [-0.2, -0.15) is 0 Å². The molecule has 2 aliphatic heterocycles. The van der Waals surface area contributed by atoms with Crippen LogP contribution in [0.2, 0.25) is 0 Å². The van der Waals surface area contributed by atoms with E-state index in [9.17, 15) is 18.8 Å². The lowest BCUT2D eigenvalue weighted by atomic mass is 9.89. The molecule has 0 aromatic heterocycles. The molecule has 4 amide bonds. The van der Waals surface area contributed by atoms with Crippen molar-refractivity contribution in [1.82, 2.24) is 15.5 Å².